The molecule has 0 bridgehead atoms. The maximum atomic E-state index is 11.1. The van der Waals surface area contributed by atoms with Crippen LogP contribution in [-0.4, -0.2) is 65.2 Å². The Kier molecular flexibility index (Phi) is 4.18. The van der Waals surface area contributed by atoms with Crippen LogP contribution in [0.25, 0.3) is 0 Å². The number of nitrogens with one attached hydrogen (secondary N) is 1. The van der Waals surface area contributed by atoms with Gasteiger partial charge in [-0.2, -0.15) is 0 Å². The number of hydrogen-bond donors (Lipinski definition) is 4. The molecule has 6 nitrogen and oxygen atoms in total. The lowest BCUT2D eigenvalue weighted by molar-refractivity contribution is -0.217. The van der Waals surface area contributed by atoms with E-state index in [4.69, 9.17) is 4.74 Å². The van der Waals surface area contributed by atoms with Crippen molar-refractivity contribution < 1.29 is 24.9 Å². The van der Waals surface area contributed by atoms with Crippen molar-refractivity contribution in [2.75, 3.05) is 13.6 Å². The number of likely N-dealkylation sites (N-methyl/N-ethyl adjacent to an activating group) is 1. The molecule has 0 radical (unpaired) electrons. The monoisotopic (exact) mass is 219 g/mol. The van der Waals surface area contributed by atoms with Gasteiger partial charge in [0.05, 0.1) is 6.10 Å². The van der Waals surface area contributed by atoms with Crippen molar-refractivity contribution in [2.24, 2.45) is 0 Å². The largest absolute Gasteiger partial charge is 0.388 e. The lowest BCUT2D eigenvalue weighted by Crippen LogP contribution is -2.61. The number of carbonyl (C=O) groups excluding carboxylic acids is 1. The number of hydrogen-bond acceptors (Lipinski definition) is 6. The van der Waals surface area contributed by atoms with E-state index in [0.29, 0.717) is 6.54 Å². The zero-order chi connectivity index (χ0) is 11.6. The minimum absolute atomic E-state index is 0.300. The molecular formula is C9H17NO5. The smallest absolute Gasteiger partial charge is 0.161 e. The highest BCUT2D eigenvalue weighted by Gasteiger charge is 2.44. The van der Waals surface area contributed by atoms with Gasteiger partial charge in [0.15, 0.2) is 5.78 Å². The third kappa shape index (κ3) is 2.53. The van der Waals surface area contributed by atoms with Gasteiger partial charge < -0.3 is 25.4 Å². The summed E-state index contributed by atoms with van der Waals surface area (Å²) >= 11 is 0. The summed E-state index contributed by atoms with van der Waals surface area (Å²) < 4.78 is 5.21. The van der Waals surface area contributed by atoms with E-state index >= 15 is 0 Å². The first-order valence-corrected chi connectivity index (χ1v) is 4.83. The van der Waals surface area contributed by atoms with E-state index in [1.54, 1.807) is 7.05 Å². The van der Waals surface area contributed by atoms with Gasteiger partial charge in [0.25, 0.3) is 0 Å². The number of carbonyl (C=O) groups is 1. The molecule has 1 heterocycles. The highest BCUT2D eigenvalue weighted by molar-refractivity contribution is 5.81. The molecule has 5 atom stereocenters. The molecule has 0 aliphatic carbocycles. The Balaban J connectivity index is 2.75. The first kappa shape index (κ1) is 12.5. The topological polar surface area (TPSA) is 99.0 Å². The maximum absolute atomic E-state index is 11.1. The average molecular weight is 219 g/mol. The van der Waals surface area contributed by atoms with Crippen molar-refractivity contribution in [3.63, 3.8) is 0 Å². The van der Waals surface area contributed by atoms with Gasteiger partial charge in [-0.25, -0.2) is 0 Å². The quantitative estimate of drug-likeness (QED) is 0.424. The van der Waals surface area contributed by atoms with E-state index in [1.807, 2.05) is 0 Å². The van der Waals surface area contributed by atoms with Gasteiger partial charge in [-0.1, -0.05) is 0 Å². The maximum Gasteiger partial charge on any atom is 0.161 e. The fourth-order valence-electron chi connectivity index (χ4n) is 1.66. The number of aliphatic hydroxyl groups is 3. The molecular weight excluding hydrogens is 202 g/mol. The van der Waals surface area contributed by atoms with Gasteiger partial charge in [-0.15, -0.1) is 0 Å². The van der Waals surface area contributed by atoms with Crippen molar-refractivity contribution in [3.8, 4) is 0 Å². The van der Waals surface area contributed by atoms with Crippen LogP contribution >= 0.6 is 0 Å². The van der Waals surface area contributed by atoms with Crippen LogP contribution in [0.2, 0.25) is 0 Å². The third-order valence-electron chi connectivity index (χ3n) is 2.52. The fraction of sp³-hybridized carbons (Fsp3) is 0.889. The van der Waals surface area contributed by atoms with Gasteiger partial charge in [0, 0.05) is 6.54 Å². The van der Waals surface area contributed by atoms with Gasteiger partial charge in [0.2, 0.25) is 0 Å². The zero-order valence-electron chi connectivity index (χ0n) is 8.75. The Morgan fingerprint density at radius 3 is 2.33 bits per heavy atom. The minimum atomic E-state index is -1.37. The van der Waals surface area contributed by atoms with E-state index in [2.05, 4.69) is 5.32 Å². The number of Topliss-reactive ketones (excluding diaryl/α,β-unsaturated/α-hetero) is 1. The summed E-state index contributed by atoms with van der Waals surface area (Å²) in [7, 11) is 1.66. The van der Waals surface area contributed by atoms with Crippen LogP contribution in [0.5, 0.6) is 0 Å². The highest BCUT2D eigenvalue weighted by atomic mass is 16.5. The van der Waals surface area contributed by atoms with E-state index in [-0.39, 0.29) is 5.78 Å². The Morgan fingerprint density at radius 1 is 1.27 bits per heavy atom. The predicted molar refractivity (Wildman–Crippen MR) is 51.3 cm³/mol. The Morgan fingerprint density at radius 2 is 1.87 bits per heavy atom. The standard InChI is InChI=1S/C9H17NO5/c1-4(11)9-8(14)7(13)6(12)5(15-9)3-10-2/h5-10,12-14H,3H2,1-2H3/t5-,6?,7+,8?,9+/m0/s1. The Hall–Kier alpha value is -0.530. The van der Waals surface area contributed by atoms with E-state index in [1.165, 1.54) is 6.92 Å². The summed E-state index contributed by atoms with van der Waals surface area (Å²) in [6.07, 6.45) is -5.68. The lowest BCUT2D eigenvalue weighted by atomic mass is 9.93. The fourth-order valence-corrected chi connectivity index (χ4v) is 1.66. The third-order valence-corrected chi connectivity index (χ3v) is 2.52. The SMILES string of the molecule is CNC[C@@H]1O[C@H](C(C)=O)C(O)[C@H](O)C1O. The molecule has 0 aromatic heterocycles. The van der Waals surface area contributed by atoms with Crippen LogP contribution in [0, 0.1) is 0 Å². The molecule has 1 aliphatic rings. The predicted octanol–water partition coefficient (Wildman–Crippen LogP) is -2.36. The van der Waals surface area contributed by atoms with Crippen molar-refractivity contribution in [1.29, 1.82) is 0 Å². The summed E-state index contributed by atoms with van der Waals surface area (Å²) in [6, 6.07) is 0. The summed E-state index contributed by atoms with van der Waals surface area (Å²) in [4.78, 5) is 11.1. The molecule has 0 aromatic rings. The molecule has 4 N–H and O–H groups in total. The van der Waals surface area contributed by atoms with E-state index in [0.717, 1.165) is 0 Å². The number of rotatable bonds is 3. The lowest BCUT2D eigenvalue weighted by Gasteiger charge is -2.39. The van der Waals surface area contributed by atoms with Gasteiger partial charge in [-0.05, 0) is 14.0 Å². The molecule has 88 valence electrons. The normalized spacial score (nSPS) is 41.5. The molecule has 1 fully saturated rings. The zero-order valence-corrected chi connectivity index (χ0v) is 8.75. The first-order valence-electron chi connectivity index (χ1n) is 4.83. The molecule has 1 rings (SSSR count). The van der Waals surface area contributed by atoms with Crippen LogP contribution in [0.1, 0.15) is 6.92 Å². The molecule has 1 saturated heterocycles. The molecule has 6 heteroatoms. The second kappa shape index (κ2) is 5.00. The summed E-state index contributed by atoms with van der Waals surface area (Å²) in [5.74, 6) is -0.366. The molecule has 0 amide bonds. The van der Waals surface area contributed by atoms with Crippen molar-refractivity contribution in [3.05, 3.63) is 0 Å². The summed E-state index contributed by atoms with van der Waals surface area (Å²) in [5, 5.41) is 31.3. The summed E-state index contributed by atoms with van der Waals surface area (Å²) in [6.45, 7) is 1.57. The number of ether oxygens (including phenoxy) is 1. The van der Waals surface area contributed by atoms with Crippen LogP contribution < -0.4 is 5.32 Å². The minimum Gasteiger partial charge on any atom is -0.388 e. The average Bonchev–Trinajstić information content (AvgIpc) is 2.18. The van der Waals surface area contributed by atoms with Crippen molar-refractivity contribution >= 4 is 5.78 Å². The van der Waals surface area contributed by atoms with Gasteiger partial charge in [0.1, 0.15) is 24.4 Å². The highest BCUT2D eigenvalue weighted by Crippen LogP contribution is 2.21. The Bertz CT molecular complexity index is 235. The van der Waals surface area contributed by atoms with Gasteiger partial charge in [-0.3, -0.25) is 4.79 Å². The Labute approximate surface area is 87.9 Å². The summed E-state index contributed by atoms with van der Waals surface area (Å²) in [5.41, 5.74) is 0. The van der Waals surface area contributed by atoms with Crippen molar-refractivity contribution in [1.82, 2.24) is 5.32 Å². The van der Waals surface area contributed by atoms with Crippen LogP contribution in [0.4, 0.5) is 0 Å². The van der Waals surface area contributed by atoms with Crippen molar-refractivity contribution in [2.45, 2.75) is 37.4 Å². The number of ketones is 1. The van der Waals surface area contributed by atoms with Gasteiger partial charge >= 0.3 is 0 Å². The second-order valence-electron chi connectivity index (χ2n) is 3.74. The molecule has 2 unspecified atom stereocenters. The molecule has 0 saturated carbocycles. The molecule has 15 heavy (non-hydrogen) atoms. The molecule has 1 aliphatic heterocycles. The van der Waals surface area contributed by atoms with E-state index < -0.39 is 30.5 Å². The first-order chi connectivity index (χ1) is 6.99. The number of aliphatic hydroxyl groups excluding tert-OH is 3. The molecule has 0 spiro atoms. The van der Waals surface area contributed by atoms with Crippen LogP contribution in [0.15, 0.2) is 0 Å². The van der Waals surface area contributed by atoms with Crippen LogP contribution in [-0.2, 0) is 9.53 Å². The second-order valence-corrected chi connectivity index (χ2v) is 3.74. The molecule has 0 aromatic carbocycles. The van der Waals surface area contributed by atoms with E-state index in [9.17, 15) is 20.1 Å². The van der Waals surface area contributed by atoms with Crippen LogP contribution in [0.3, 0.4) is 0 Å².